The van der Waals surface area contributed by atoms with Gasteiger partial charge in [0, 0.05) is 6.08 Å². The van der Waals surface area contributed by atoms with Gasteiger partial charge in [0.15, 0.2) is 11.6 Å². The van der Waals surface area contributed by atoms with Crippen LogP contribution in [0, 0.1) is 0 Å². The molecule has 32 heavy (non-hydrogen) atoms. The smallest absolute Gasteiger partial charge is 0.459 e. The van der Waals surface area contributed by atoms with Crippen LogP contribution in [0.5, 0.6) is 0 Å². The number of rotatable bonds is 16. The fraction of sp³-hybridized carbons (Fsp3) is 0.611. The van der Waals surface area contributed by atoms with E-state index in [9.17, 15) is 23.5 Å². The van der Waals surface area contributed by atoms with Crippen LogP contribution in [0.15, 0.2) is 23.8 Å². The lowest BCUT2D eigenvalue weighted by molar-refractivity contribution is -0.143. The molecule has 0 aromatic heterocycles. The quantitative estimate of drug-likeness (QED) is 0.133. The highest BCUT2D eigenvalue weighted by atomic mass is 31.2. The third kappa shape index (κ3) is 9.56. The molecule has 0 saturated heterocycles. The third-order valence-corrected chi connectivity index (χ3v) is 6.74. The summed E-state index contributed by atoms with van der Waals surface area (Å²) in [7, 11) is -8.06. The largest absolute Gasteiger partial charge is 0.475 e. The van der Waals surface area contributed by atoms with Crippen molar-refractivity contribution in [1.82, 2.24) is 0 Å². The summed E-state index contributed by atoms with van der Waals surface area (Å²) in [6.45, 7) is 5.12. The Kier molecular flexibility index (Phi) is 12.4. The fourth-order valence-corrected chi connectivity index (χ4v) is 4.74. The van der Waals surface area contributed by atoms with Gasteiger partial charge < -0.3 is 4.74 Å². The zero-order chi connectivity index (χ0) is 24.2. The monoisotopic (exact) mass is 498 g/mol. The van der Waals surface area contributed by atoms with Gasteiger partial charge in [-0.2, -0.15) is 0 Å². The maximum Gasteiger partial charge on any atom is 0.475 e. The molecule has 182 valence electrons. The van der Waals surface area contributed by atoms with Gasteiger partial charge >= 0.3 is 21.6 Å². The van der Waals surface area contributed by atoms with Crippen molar-refractivity contribution in [3.05, 3.63) is 23.8 Å². The van der Waals surface area contributed by atoms with Gasteiger partial charge in [0.25, 0.3) is 0 Å². The van der Waals surface area contributed by atoms with Crippen molar-refractivity contribution in [3.63, 3.8) is 0 Å². The minimum atomic E-state index is -4.09. The Morgan fingerprint density at radius 3 is 1.88 bits per heavy atom. The fourth-order valence-electron chi connectivity index (χ4n) is 2.22. The van der Waals surface area contributed by atoms with E-state index >= 15 is 0 Å². The zero-order valence-electron chi connectivity index (χ0n) is 18.3. The maximum atomic E-state index is 12.7. The van der Waals surface area contributed by atoms with Crippen molar-refractivity contribution < 1.29 is 55.4 Å². The van der Waals surface area contributed by atoms with E-state index in [0.29, 0.717) is 0 Å². The van der Waals surface area contributed by atoms with E-state index in [4.69, 9.17) is 31.9 Å². The third-order valence-electron chi connectivity index (χ3n) is 3.42. The molecule has 0 N–H and O–H groups in total. The van der Waals surface area contributed by atoms with Crippen LogP contribution in [0.3, 0.4) is 0 Å². The van der Waals surface area contributed by atoms with E-state index in [1.54, 1.807) is 27.7 Å². The first-order valence-corrected chi connectivity index (χ1v) is 12.8. The van der Waals surface area contributed by atoms with Crippen LogP contribution >= 0.6 is 15.6 Å². The first-order chi connectivity index (χ1) is 15.1. The summed E-state index contributed by atoms with van der Waals surface area (Å²) in [5.74, 6) is -2.38. The highest BCUT2D eigenvalue weighted by molar-refractivity contribution is 7.48. The highest BCUT2D eigenvalue weighted by Gasteiger charge is 2.34. The molecule has 12 nitrogen and oxygen atoms in total. The summed E-state index contributed by atoms with van der Waals surface area (Å²) in [5.41, 5.74) is -0.482. The number of hydrogen-bond donors (Lipinski definition) is 0. The summed E-state index contributed by atoms with van der Waals surface area (Å²) in [6, 6.07) is 0. The van der Waals surface area contributed by atoms with E-state index < -0.39 is 58.1 Å². The molecule has 0 fully saturated rings. The Bertz CT molecular complexity index is 799. The second-order valence-corrected chi connectivity index (χ2v) is 9.14. The number of carbonyl (C=O) groups excluding carboxylic acids is 3. The number of esters is 1. The first kappa shape index (κ1) is 28.5. The molecule has 0 spiro atoms. The van der Waals surface area contributed by atoms with Gasteiger partial charge in [-0.25, -0.2) is 13.9 Å². The molecule has 0 saturated carbocycles. The van der Waals surface area contributed by atoms with Crippen molar-refractivity contribution in [2.75, 3.05) is 39.6 Å². The molecule has 14 heteroatoms. The Hall–Kier alpha value is -1.49. The summed E-state index contributed by atoms with van der Waals surface area (Å²) in [4.78, 5) is 35.5. The molecule has 0 amide bonds. The summed E-state index contributed by atoms with van der Waals surface area (Å²) in [6.07, 6.45) is 1.47. The molecule has 0 radical (unpaired) electrons. The van der Waals surface area contributed by atoms with Gasteiger partial charge in [0.1, 0.15) is 18.3 Å². The van der Waals surface area contributed by atoms with Gasteiger partial charge in [0.05, 0.1) is 33.0 Å². The van der Waals surface area contributed by atoms with E-state index in [2.05, 4.69) is 0 Å². The van der Waals surface area contributed by atoms with Crippen LogP contribution in [0.1, 0.15) is 27.7 Å². The number of phosphoric ester groups is 2. The van der Waals surface area contributed by atoms with Crippen LogP contribution in [0.25, 0.3) is 0 Å². The zero-order valence-corrected chi connectivity index (χ0v) is 20.1. The predicted molar refractivity (Wildman–Crippen MR) is 111 cm³/mol. The molecule has 1 aliphatic rings. The SMILES string of the molecule is CCOP(=O)(OCC)OCC(COC(=O)C1=CC(=O)C=CC1=O)OP(=O)(OCC)OCC. The van der Waals surface area contributed by atoms with Crippen LogP contribution in [-0.4, -0.2) is 63.3 Å². The van der Waals surface area contributed by atoms with Crippen molar-refractivity contribution in [2.24, 2.45) is 0 Å². The summed E-state index contributed by atoms with van der Waals surface area (Å²) < 4.78 is 61.0. The van der Waals surface area contributed by atoms with Gasteiger partial charge in [-0.05, 0) is 39.8 Å². The van der Waals surface area contributed by atoms with Gasteiger partial charge in [-0.1, -0.05) is 0 Å². The number of allylic oxidation sites excluding steroid dienone is 3. The maximum absolute atomic E-state index is 12.7. The Morgan fingerprint density at radius 2 is 1.34 bits per heavy atom. The topological polar surface area (TPSA) is 150 Å². The predicted octanol–water partition coefficient (Wildman–Crippen LogP) is 2.93. The molecule has 1 atom stereocenters. The van der Waals surface area contributed by atoms with Crippen LogP contribution < -0.4 is 0 Å². The molecule has 0 aromatic carbocycles. The Balaban J connectivity index is 2.96. The van der Waals surface area contributed by atoms with E-state index in [-0.39, 0.29) is 26.4 Å². The first-order valence-electron chi connectivity index (χ1n) is 9.88. The second kappa shape index (κ2) is 13.9. The molecule has 0 aliphatic heterocycles. The average Bonchev–Trinajstić information content (AvgIpc) is 2.72. The number of carbonyl (C=O) groups is 3. The van der Waals surface area contributed by atoms with E-state index in [1.165, 1.54) is 0 Å². The van der Waals surface area contributed by atoms with Crippen LogP contribution in [-0.2, 0) is 55.4 Å². The highest BCUT2D eigenvalue weighted by Crippen LogP contribution is 2.52. The van der Waals surface area contributed by atoms with E-state index in [0.717, 1.165) is 18.2 Å². The molecule has 0 bridgehead atoms. The minimum Gasteiger partial charge on any atom is -0.459 e. The number of ketones is 2. The lowest BCUT2D eigenvalue weighted by atomic mass is 10.0. The molecule has 1 rings (SSSR count). The van der Waals surface area contributed by atoms with Gasteiger partial charge in [-0.3, -0.25) is 36.7 Å². The van der Waals surface area contributed by atoms with Crippen molar-refractivity contribution in [2.45, 2.75) is 33.8 Å². The lowest BCUT2D eigenvalue weighted by Gasteiger charge is -2.24. The minimum absolute atomic E-state index is 0.0170. The number of phosphoric acid groups is 2. The van der Waals surface area contributed by atoms with Crippen molar-refractivity contribution >= 4 is 33.2 Å². The lowest BCUT2D eigenvalue weighted by Crippen LogP contribution is -2.29. The Morgan fingerprint density at radius 1 is 0.812 bits per heavy atom. The van der Waals surface area contributed by atoms with Crippen LogP contribution in [0.4, 0.5) is 0 Å². The number of hydrogen-bond acceptors (Lipinski definition) is 12. The number of ether oxygens (including phenoxy) is 1. The van der Waals surface area contributed by atoms with Gasteiger partial charge in [-0.15, -0.1) is 0 Å². The van der Waals surface area contributed by atoms with Crippen LogP contribution in [0.2, 0.25) is 0 Å². The molecular formula is C18H28O12P2. The second-order valence-electron chi connectivity index (χ2n) is 5.85. The van der Waals surface area contributed by atoms with Crippen molar-refractivity contribution in [3.8, 4) is 0 Å². The molecule has 0 heterocycles. The molecule has 0 aromatic rings. The van der Waals surface area contributed by atoms with E-state index in [1.807, 2.05) is 0 Å². The molecule has 1 unspecified atom stereocenters. The molecular weight excluding hydrogens is 470 g/mol. The average molecular weight is 498 g/mol. The van der Waals surface area contributed by atoms with Crippen molar-refractivity contribution in [1.29, 1.82) is 0 Å². The summed E-state index contributed by atoms with van der Waals surface area (Å²) in [5, 5.41) is 0. The Labute approximate surface area is 186 Å². The summed E-state index contributed by atoms with van der Waals surface area (Å²) >= 11 is 0. The molecule has 1 aliphatic carbocycles. The normalized spacial score (nSPS) is 15.6. The standard InChI is InChI=1S/C18H28O12P2/c1-5-25-31(22,26-6-2)29-13-15(30-32(23,27-7-3)28-8-4)12-24-18(21)16-11-14(19)9-10-17(16)20/h9-11,15H,5-8,12-13H2,1-4H3. The van der Waals surface area contributed by atoms with Gasteiger partial charge in [0.2, 0.25) is 0 Å².